The van der Waals surface area contributed by atoms with Gasteiger partial charge in [0.15, 0.2) is 0 Å². The fraction of sp³-hybridized carbons (Fsp3) is 0.600. The molecule has 0 saturated carbocycles. The minimum atomic E-state index is -0.173. The van der Waals surface area contributed by atoms with E-state index in [-0.39, 0.29) is 17.3 Å². The summed E-state index contributed by atoms with van der Waals surface area (Å²) in [7, 11) is 0. The number of hydrogen-bond acceptors (Lipinski definition) is 2. The van der Waals surface area contributed by atoms with E-state index in [4.69, 9.17) is 0 Å². The third-order valence-corrected chi connectivity index (χ3v) is 3.95. The maximum absolute atomic E-state index is 12.9. The normalized spacial score (nSPS) is 24.8. The van der Waals surface area contributed by atoms with Crippen molar-refractivity contribution < 1.29 is 4.39 Å². The number of hydrogen-bond donors (Lipinski definition) is 2. The van der Waals surface area contributed by atoms with Crippen LogP contribution in [0.25, 0.3) is 0 Å². The summed E-state index contributed by atoms with van der Waals surface area (Å²) in [4.78, 5) is 0. The maximum atomic E-state index is 12.9. The van der Waals surface area contributed by atoms with Crippen molar-refractivity contribution >= 4 is 0 Å². The highest BCUT2D eigenvalue weighted by atomic mass is 19.1. The van der Waals surface area contributed by atoms with Gasteiger partial charge in [-0.2, -0.15) is 0 Å². The highest BCUT2D eigenvalue weighted by Crippen LogP contribution is 2.27. The van der Waals surface area contributed by atoms with Crippen molar-refractivity contribution in [1.82, 2.24) is 10.6 Å². The zero-order valence-corrected chi connectivity index (χ0v) is 11.5. The lowest BCUT2D eigenvalue weighted by Gasteiger charge is -2.41. The predicted octanol–water partition coefficient (Wildman–Crippen LogP) is 2.86. The van der Waals surface area contributed by atoms with Crippen LogP contribution in [-0.4, -0.2) is 19.1 Å². The van der Waals surface area contributed by atoms with Gasteiger partial charge in [0.25, 0.3) is 0 Å². The lowest BCUT2D eigenvalue weighted by atomic mass is 9.79. The van der Waals surface area contributed by atoms with Crippen molar-refractivity contribution in [2.75, 3.05) is 13.1 Å². The van der Waals surface area contributed by atoms with Crippen LogP contribution in [0.15, 0.2) is 24.3 Å². The third kappa shape index (κ3) is 3.09. The van der Waals surface area contributed by atoms with E-state index >= 15 is 0 Å². The molecule has 1 aromatic carbocycles. The fourth-order valence-electron chi connectivity index (χ4n) is 2.63. The molecule has 0 amide bonds. The van der Waals surface area contributed by atoms with Gasteiger partial charge in [0, 0.05) is 18.6 Å². The van der Waals surface area contributed by atoms with Crippen molar-refractivity contribution in [2.45, 2.75) is 39.3 Å². The molecule has 18 heavy (non-hydrogen) atoms. The molecule has 1 aliphatic heterocycles. The lowest BCUT2D eigenvalue weighted by Crippen LogP contribution is -2.53. The smallest absolute Gasteiger partial charge is 0.123 e. The molecule has 1 aromatic rings. The zero-order chi connectivity index (χ0) is 13.2. The van der Waals surface area contributed by atoms with Gasteiger partial charge < -0.3 is 10.6 Å². The van der Waals surface area contributed by atoms with Crippen LogP contribution in [0, 0.1) is 11.2 Å². The van der Waals surface area contributed by atoms with E-state index in [2.05, 4.69) is 31.4 Å². The molecule has 2 atom stereocenters. The number of piperidine rings is 1. The van der Waals surface area contributed by atoms with Crippen LogP contribution >= 0.6 is 0 Å². The molecule has 2 nitrogen and oxygen atoms in total. The van der Waals surface area contributed by atoms with Crippen molar-refractivity contribution in [2.24, 2.45) is 5.41 Å². The Morgan fingerprint density at radius 2 is 2.00 bits per heavy atom. The fourth-order valence-corrected chi connectivity index (χ4v) is 2.63. The van der Waals surface area contributed by atoms with Crippen LogP contribution in [0.5, 0.6) is 0 Å². The first-order chi connectivity index (χ1) is 8.49. The Bertz CT molecular complexity index is 386. The minimum Gasteiger partial charge on any atom is -0.316 e. The molecular weight excluding hydrogens is 227 g/mol. The molecule has 1 saturated heterocycles. The van der Waals surface area contributed by atoms with E-state index in [1.165, 1.54) is 12.1 Å². The summed E-state index contributed by atoms with van der Waals surface area (Å²) in [5, 5.41) is 7.12. The number of benzene rings is 1. The van der Waals surface area contributed by atoms with Crippen LogP contribution in [0.4, 0.5) is 4.39 Å². The first-order valence-corrected chi connectivity index (χ1v) is 6.71. The Hall–Kier alpha value is -0.930. The number of halogens is 1. The van der Waals surface area contributed by atoms with Gasteiger partial charge in [0.05, 0.1) is 0 Å². The van der Waals surface area contributed by atoms with Crippen LogP contribution in [0.2, 0.25) is 0 Å². The first kappa shape index (κ1) is 13.5. The van der Waals surface area contributed by atoms with Crippen molar-refractivity contribution in [1.29, 1.82) is 0 Å². The summed E-state index contributed by atoms with van der Waals surface area (Å²) < 4.78 is 12.9. The SMILES string of the molecule is C[C@@H](NC1CCNCC1(C)C)c1ccc(F)cc1. The van der Waals surface area contributed by atoms with Gasteiger partial charge in [-0.1, -0.05) is 26.0 Å². The molecule has 0 bridgehead atoms. The second-order valence-corrected chi connectivity index (χ2v) is 5.95. The van der Waals surface area contributed by atoms with E-state index in [1.807, 2.05) is 12.1 Å². The molecule has 1 aliphatic rings. The molecule has 0 aliphatic carbocycles. The minimum absolute atomic E-state index is 0.173. The average molecular weight is 250 g/mol. The van der Waals surface area contributed by atoms with Gasteiger partial charge in [-0.05, 0) is 43.0 Å². The number of nitrogens with one attached hydrogen (secondary N) is 2. The topological polar surface area (TPSA) is 24.1 Å². The van der Waals surface area contributed by atoms with Gasteiger partial charge in [-0.3, -0.25) is 0 Å². The lowest BCUT2D eigenvalue weighted by molar-refractivity contribution is 0.174. The molecule has 2 N–H and O–H groups in total. The van der Waals surface area contributed by atoms with E-state index in [0.717, 1.165) is 25.1 Å². The van der Waals surface area contributed by atoms with Gasteiger partial charge in [-0.15, -0.1) is 0 Å². The van der Waals surface area contributed by atoms with E-state index in [9.17, 15) is 4.39 Å². The Morgan fingerprint density at radius 1 is 1.33 bits per heavy atom. The molecule has 2 rings (SSSR count). The summed E-state index contributed by atoms with van der Waals surface area (Å²) in [6.45, 7) is 8.83. The predicted molar refractivity (Wildman–Crippen MR) is 73.0 cm³/mol. The van der Waals surface area contributed by atoms with E-state index in [1.54, 1.807) is 0 Å². The summed E-state index contributed by atoms with van der Waals surface area (Å²) in [5.74, 6) is -0.173. The molecule has 0 spiro atoms. The monoisotopic (exact) mass is 250 g/mol. The summed E-state index contributed by atoms with van der Waals surface area (Å²) in [6.07, 6.45) is 1.14. The second-order valence-electron chi connectivity index (χ2n) is 5.95. The van der Waals surface area contributed by atoms with E-state index in [0.29, 0.717) is 6.04 Å². The third-order valence-electron chi connectivity index (χ3n) is 3.95. The highest BCUT2D eigenvalue weighted by Gasteiger charge is 2.32. The second kappa shape index (κ2) is 5.37. The quantitative estimate of drug-likeness (QED) is 0.862. The summed E-state index contributed by atoms with van der Waals surface area (Å²) >= 11 is 0. The molecule has 1 heterocycles. The zero-order valence-electron chi connectivity index (χ0n) is 11.5. The van der Waals surface area contributed by atoms with Crippen LogP contribution in [0.1, 0.15) is 38.8 Å². The molecule has 100 valence electrons. The van der Waals surface area contributed by atoms with Crippen molar-refractivity contribution in [3.05, 3.63) is 35.6 Å². The van der Waals surface area contributed by atoms with Gasteiger partial charge in [0.2, 0.25) is 0 Å². The first-order valence-electron chi connectivity index (χ1n) is 6.71. The maximum Gasteiger partial charge on any atom is 0.123 e. The van der Waals surface area contributed by atoms with Gasteiger partial charge in [-0.25, -0.2) is 4.39 Å². The Morgan fingerprint density at radius 3 is 2.61 bits per heavy atom. The van der Waals surface area contributed by atoms with Gasteiger partial charge in [0.1, 0.15) is 5.82 Å². The molecule has 3 heteroatoms. The average Bonchev–Trinajstić information content (AvgIpc) is 2.32. The summed E-state index contributed by atoms with van der Waals surface area (Å²) in [6, 6.07) is 7.54. The number of rotatable bonds is 3. The van der Waals surface area contributed by atoms with Gasteiger partial charge >= 0.3 is 0 Å². The Balaban J connectivity index is 2.02. The molecule has 1 unspecified atom stereocenters. The Kier molecular flexibility index (Phi) is 4.03. The Labute approximate surface area is 109 Å². The molecular formula is C15H23FN2. The molecule has 0 radical (unpaired) electrons. The van der Waals surface area contributed by atoms with Crippen LogP contribution < -0.4 is 10.6 Å². The van der Waals surface area contributed by atoms with Crippen LogP contribution in [0.3, 0.4) is 0 Å². The standard InChI is InChI=1S/C15H23FN2/c1-11(12-4-6-13(16)7-5-12)18-14-8-9-17-10-15(14,2)3/h4-7,11,14,17-18H,8-10H2,1-3H3/t11-,14?/m1/s1. The van der Waals surface area contributed by atoms with Crippen molar-refractivity contribution in [3.8, 4) is 0 Å². The molecule has 0 aromatic heterocycles. The van der Waals surface area contributed by atoms with E-state index < -0.39 is 0 Å². The van der Waals surface area contributed by atoms with Crippen LogP contribution in [-0.2, 0) is 0 Å². The van der Waals surface area contributed by atoms with Crippen molar-refractivity contribution in [3.63, 3.8) is 0 Å². The largest absolute Gasteiger partial charge is 0.316 e. The molecule has 1 fully saturated rings. The summed E-state index contributed by atoms with van der Waals surface area (Å²) in [5.41, 5.74) is 1.40. The highest BCUT2D eigenvalue weighted by molar-refractivity contribution is 5.19.